The van der Waals surface area contributed by atoms with Gasteiger partial charge in [0.15, 0.2) is 0 Å². The molecule has 5 heteroatoms. The van der Waals surface area contributed by atoms with Crippen LogP contribution in [0.2, 0.25) is 5.02 Å². The van der Waals surface area contributed by atoms with Gasteiger partial charge in [0.2, 0.25) is 0 Å². The average Bonchev–Trinajstić information content (AvgIpc) is 2.49. The third-order valence-electron chi connectivity index (χ3n) is 3.50. The van der Waals surface area contributed by atoms with Crippen molar-refractivity contribution in [3.8, 4) is 0 Å². The van der Waals surface area contributed by atoms with Crippen LogP contribution in [0.3, 0.4) is 0 Å². The lowest BCUT2D eigenvalue weighted by molar-refractivity contribution is 0.506. The van der Waals surface area contributed by atoms with E-state index in [0.717, 1.165) is 17.7 Å². The number of alkyl halides is 2. The molecule has 112 valence electrons. The summed E-state index contributed by atoms with van der Waals surface area (Å²) < 4.78 is 27.2. The van der Waals surface area contributed by atoms with Crippen LogP contribution in [0.15, 0.2) is 42.5 Å². The lowest BCUT2D eigenvalue weighted by Crippen LogP contribution is -2.33. The van der Waals surface area contributed by atoms with E-state index in [1.807, 2.05) is 12.1 Å². The molecule has 0 saturated carbocycles. The summed E-state index contributed by atoms with van der Waals surface area (Å²) in [5, 5.41) is 0.591. The Morgan fingerprint density at radius 2 is 1.52 bits per heavy atom. The zero-order valence-corrected chi connectivity index (χ0v) is 13.3. The fourth-order valence-corrected chi connectivity index (χ4v) is 3.14. The molecule has 0 fully saturated rings. The Hall–Kier alpha value is -0.830. The van der Waals surface area contributed by atoms with E-state index in [9.17, 15) is 8.78 Å². The maximum atomic E-state index is 13.9. The molecule has 0 amide bonds. The van der Waals surface area contributed by atoms with Crippen LogP contribution < -0.4 is 0 Å². The third-order valence-corrected chi connectivity index (χ3v) is 4.78. The smallest absolute Gasteiger partial charge is 0.126 e. The van der Waals surface area contributed by atoms with E-state index in [2.05, 4.69) is 0 Å². The van der Waals surface area contributed by atoms with E-state index < -0.39 is 17.0 Å². The highest BCUT2D eigenvalue weighted by atomic mass is 35.5. The van der Waals surface area contributed by atoms with Gasteiger partial charge in [0, 0.05) is 22.2 Å². The summed E-state index contributed by atoms with van der Waals surface area (Å²) in [6.07, 6.45) is 0.214. The first kappa shape index (κ1) is 16.5. The quantitative estimate of drug-likeness (QED) is 0.618. The van der Waals surface area contributed by atoms with E-state index in [0.29, 0.717) is 5.02 Å². The first-order valence-corrected chi connectivity index (χ1v) is 7.77. The Morgan fingerprint density at radius 3 is 2.10 bits per heavy atom. The van der Waals surface area contributed by atoms with Crippen molar-refractivity contribution in [2.45, 2.75) is 11.8 Å². The fourth-order valence-electron chi connectivity index (χ4n) is 2.23. The largest absolute Gasteiger partial charge is 0.207 e. The summed E-state index contributed by atoms with van der Waals surface area (Å²) in [5.41, 5.74) is 0.425. The number of benzene rings is 2. The molecule has 0 aliphatic rings. The number of halogens is 5. The maximum absolute atomic E-state index is 13.9. The molecule has 2 aromatic rings. The van der Waals surface area contributed by atoms with Gasteiger partial charge in [-0.25, -0.2) is 8.78 Å². The number of hydrogen-bond donors (Lipinski definition) is 0. The van der Waals surface area contributed by atoms with Crippen molar-refractivity contribution in [3.63, 3.8) is 0 Å². The lowest BCUT2D eigenvalue weighted by Gasteiger charge is -2.30. The van der Waals surface area contributed by atoms with E-state index in [-0.39, 0.29) is 23.7 Å². The van der Waals surface area contributed by atoms with Gasteiger partial charge in [-0.2, -0.15) is 0 Å². The highest BCUT2D eigenvalue weighted by molar-refractivity contribution is 6.30. The molecule has 0 aliphatic heterocycles. The molecular formula is C16H13Cl3F2. The molecule has 0 spiro atoms. The van der Waals surface area contributed by atoms with Gasteiger partial charge in [-0.05, 0) is 47.9 Å². The van der Waals surface area contributed by atoms with Gasteiger partial charge >= 0.3 is 0 Å². The van der Waals surface area contributed by atoms with Gasteiger partial charge in [0.05, 0.1) is 0 Å². The van der Waals surface area contributed by atoms with Crippen molar-refractivity contribution in [2.75, 3.05) is 11.8 Å². The summed E-state index contributed by atoms with van der Waals surface area (Å²) >= 11 is 18.1. The second kappa shape index (κ2) is 6.95. The van der Waals surface area contributed by atoms with Crippen molar-refractivity contribution in [1.29, 1.82) is 0 Å². The average molecular weight is 350 g/mol. The molecule has 0 saturated heterocycles. The molecule has 0 aliphatic carbocycles. The Bertz CT molecular complexity index is 607. The van der Waals surface area contributed by atoms with Crippen LogP contribution in [0.1, 0.15) is 11.1 Å². The minimum absolute atomic E-state index is 0.189. The predicted molar refractivity (Wildman–Crippen MR) is 84.6 cm³/mol. The van der Waals surface area contributed by atoms with E-state index in [1.165, 1.54) is 6.07 Å². The Kier molecular flexibility index (Phi) is 5.48. The molecule has 2 rings (SSSR count). The van der Waals surface area contributed by atoms with Gasteiger partial charge in [-0.3, -0.25) is 0 Å². The van der Waals surface area contributed by atoms with Crippen LogP contribution in [0.25, 0.3) is 0 Å². The van der Waals surface area contributed by atoms with Crippen molar-refractivity contribution in [1.82, 2.24) is 0 Å². The molecule has 2 aromatic carbocycles. The maximum Gasteiger partial charge on any atom is 0.126 e. The van der Waals surface area contributed by atoms with Gasteiger partial charge in [0.1, 0.15) is 11.6 Å². The second-order valence-corrected chi connectivity index (χ2v) is 5.94. The molecule has 0 aromatic heterocycles. The normalized spacial score (nSPS) is 11.7. The van der Waals surface area contributed by atoms with Crippen LogP contribution in [0, 0.1) is 11.6 Å². The van der Waals surface area contributed by atoms with Crippen molar-refractivity contribution in [3.05, 3.63) is 70.2 Å². The van der Waals surface area contributed by atoms with Gasteiger partial charge in [0.25, 0.3) is 0 Å². The summed E-state index contributed by atoms with van der Waals surface area (Å²) in [6, 6.07) is 10.5. The van der Waals surface area contributed by atoms with E-state index in [1.54, 1.807) is 12.1 Å². The summed E-state index contributed by atoms with van der Waals surface area (Å²) in [7, 11) is 0. The molecule has 0 radical (unpaired) electrons. The van der Waals surface area contributed by atoms with Gasteiger partial charge < -0.3 is 0 Å². The van der Waals surface area contributed by atoms with Crippen LogP contribution in [-0.2, 0) is 11.8 Å². The molecule has 0 N–H and O–H groups in total. The van der Waals surface area contributed by atoms with Crippen LogP contribution >= 0.6 is 34.8 Å². The first-order chi connectivity index (χ1) is 10.0. The molecule has 21 heavy (non-hydrogen) atoms. The van der Waals surface area contributed by atoms with E-state index >= 15 is 0 Å². The second-order valence-electron chi connectivity index (χ2n) is 4.97. The third kappa shape index (κ3) is 3.68. The van der Waals surface area contributed by atoms with Gasteiger partial charge in [-0.1, -0.05) is 23.7 Å². The SMILES string of the molecule is Fc1ccc(F)c(CC(CCl)(CCl)c2ccc(Cl)cc2)c1. The highest BCUT2D eigenvalue weighted by Gasteiger charge is 2.32. The van der Waals surface area contributed by atoms with E-state index in [4.69, 9.17) is 34.8 Å². The molecule has 0 atom stereocenters. The summed E-state index contributed by atoms with van der Waals surface area (Å²) in [4.78, 5) is 0. The number of rotatable bonds is 5. The highest BCUT2D eigenvalue weighted by Crippen LogP contribution is 2.33. The molecule has 0 nitrogen and oxygen atoms in total. The monoisotopic (exact) mass is 348 g/mol. The Morgan fingerprint density at radius 1 is 0.905 bits per heavy atom. The van der Waals surface area contributed by atoms with Crippen molar-refractivity contribution < 1.29 is 8.78 Å². The topological polar surface area (TPSA) is 0 Å². The fraction of sp³-hybridized carbons (Fsp3) is 0.250. The standard InChI is InChI=1S/C16H13Cl3F2/c17-9-16(10-18,12-1-3-13(19)4-2-12)8-11-7-14(20)5-6-15(11)21/h1-7H,8-10H2. The zero-order valence-electron chi connectivity index (χ0n) is 11.1. The molecule has 0 unspecified atom stereocenters. The Balaban J connectivity index is 2.42. The summed E-state index contributed by atoms with van der Waals surface area (Å²) in [6.45, 7) is 0. The molecular weight excluding hydrogens is 337 g/mol. The molecule has 0 heterocycles. The lowest BCUT2D eigenvalue weighted by atomic mass is 9.78. The summed E-state index contributed by atoms with van der Waals surface area (Å²) in [5.74, 6) is -0.576. The first-order valence-electron chi connectivity index (χ1n) is 6.33. The van der Waals surface area contributed by atoms with Crippen LogP contribution in [0.4, 0.5) is 8.78 Å². The van der Waals surface area contributed by atoms with Crippen molar-refractivity contribution in [2.24, 2.45) is 0 Å². The Labute approximate surface area is 137 Å². The minimum Gasteiger partial charge on any atom is -0.207 e. The van der Waals surface area contributed by atoms with Crippen LogP contribution in [-0.4, -0.2) is 11.8 Å². The predicted octanol–water partition coefficient (Wildman–Crippen LogP) is 5.58. The van der Waals surface area contributed by atoms with Gasteiger partial charge in [-0.15, -0.1) is 23.2 Å². The van der Waals surface area contributed by atoms with Crippen molar-refractivity contribution >= 4 is 34.8 Å². The molecule has 0 bridgehead atoms. The zero-order chi connectivity index (χ0) is 15.5. The minimum atomic E-state index is -0.678. The van der Waals surface area contributed by atoms with Crippen LogP contribution in [0.5, 0.6) is 0 Å². The number of hydrogen-bond acceptors (Lipinski definition) is 0.